The SMILES string of the molecule is CCNc1ccc(OC)c(O)c1. The van der Waals surface area contributed by atoms with Gasteiger partial charge in [-0.05, 0) is 19.1 Å². The molecule has 3 heteroatoms. The van der Waals surface area contributed by atoms with Crippen molar-refractivity contribution in [3.8, 4) is 11.5 Å². The lowest BCUT2D eigenvalue weighted by Gasteiger charge is -2.06. The molecule has 1 aromatic rings. The van der Waals surface area contributed by atoms with Crippen LogP contribution in [0.1, 0.15) is 6.92 Å². The highest BCUT2D eigenvalue weighted by molar-refractivity contribution is 5.53. The van der Waals surface area contributed by atoms with Crippen LogP contribution in [0, 0.1) is 0 Å². The summed E-state index contributed by atoms with van der Waals surface area (Å²) in [5, 5.41) is 12.4. The summed E-state index contributed by atoms with van der Waals surface area (Å²) in [4.78, 5) is 0. The third kappa shape index (κ3) is 1.81. The van der Waals surface area contributed by atoms with Crippen LogP contribution in [0.5, 0.6) is 11.5 Å². The van der Waals surface area contributed by atoms with Crippen molar-refractivity contribution in [2.24, 2.45) is 0 Å². The van der Waals surface area contributed by atoms with Gasteiger partial charge in [-0.2, -0.15) is 0 Å². The van der Waals surface area contributed by atoms with Crippen molar-refractivity contribution >= 4 is 5.69 Å². The van der Waals surface area contributed by atoms with E-state index < -0.39 is 0 Å². The van der Waals surface area contributed by atoms with Gasteiger partial charge >= 0.3 is 0 Å². The van der Waals surface area contributed by atoms with E-state index in [1.54, 1.807) is 12.1 Å². The number of aromatic hydroxyl groups is 1. The van der Waals surface area contributed by atoms with Gasteiger partial charge in [-0.15, -0.1) is 0 Å². The molecule has 0 heterocycles. The molecule has 0 aromatic heterocycles. The second-order valence-corrected chi connectivity index (χ2v) is 2.42. The standard InChI is InChI=1S/C9H13NO2/c1-3-10-7-4-5-9(12-2)8(11)6-7/h4-6,10-11H,3H2,1-2H3. The number of phenols is 1. The van der Waals surface area contributed by atoms with Crippen molar-refractivity contribution < 1.29 is 9.84 Å². The zero-order chi connectivity index (χ0) is 8.97. The van der Waals surface area contributed by atoms with E-state index in [1.165, 1.54) is 7.11 Å². The monoisotopic (exact) mass is 167 g/mol. The minimum absolute atomic E-state index is 0.163. The maximum absolute atomic E-state index is 9.35. The van der Waals surface area contributed by atoms with Crippen molar-refractivity contribution in [2.45, 2.75) is 6.92 Å². The summed E-state index contributed by atoms with van der Waals surface area (Å²) in [5.41, 5.74) is 0.899. The maximum atomic E-state index is 9.35. The van der Waals surface area contributed by atoms with Crippen molar-refractivity contribution in [1.82, 2.24) is 0 Å². The second-order valence-electron chi connectivity index (χ2n) is 2.42. The van der Waals surface area contributed by atoms with Gasteiger partial charge < -0.3 is 15.2 Å². The van der Waals surface area contributed by atoms with E-state index in [2.05, 4.69) is 5.32 Å². The first-order valence-corrected chi connectivity index (χ1v) is 3.88. The first-order valence-electron chi connectivity index (χ1n) is 3.88. The quantitative estimate of drug-likeness (QED) is 0.721. The van der Waals surface area contributed by atoms with Gasteiger partial charge in [0.15, 0.2) is 11.5 Å². The summed E-state index contributed by atoms with van der Waals surface area (Å²) in [6.07, 6.45) is 0. The molecule has 12 heavy (non-hydrogen) atoms. The van der Waals surface area contributed by atoms with E-state index in [0.29, 0.717) is 5.75 Å². The number of rotatable bonds is 3. The summed E-state index contributed by atoms with van der Waals surface area (Å²) in [5.74, 6) is 0.660. The molecule has 1 rings (SSSR count). The number of hydrogen-bond acceptors (Lipinski definition) is 3. The Hall–Kier alpha value is -1.38. The molecular formula is C9H13NO2. The summed E-state index contributed by atoms with van der Waals surface area (Å²) in [7, 11) is 1.53. The van der Waals surface area contributed by atoms with Crippen molar-refractivity contribution in [3.05, 3.63) is 18.2 Å². The third-order valence-corrected chi connectivity index (χ3v) is 1.56. The van der Waals surface area contributed by atoms with E-state index >= 15 is 0 Å². The Labute approximate surface area is 72.0 Å². The molecule has 0 amide bonds. The summed E-state index contributed by atoms with van der Waals surface area (Å²) >= 11 is 0. The molecule has 0 aliphatic heterocycles. The minimum Gasteiger partial charge on any atom is -0.504 e. The highest BCUT2D eigenvalue weighted by Gasteiger charge is 2.00. The molecule has 2 N–H and O–H groups in total. The average Bonchev–Trinajstić information content (AvgIpc) is 2.05. The fourth-order valence-corrected chi connectivity index (χ4v) is 1.00. The van der Waals surface area contributed by atoms with E-state index in [1.807, 2.05) is 13.0 Å². The molecule has 0 aliphatic carbocycles. The van der Waals surface area contributed by atoms with Crippen LogP contribution in [0.4, 0.5) is 5.69 Å². The molecule has 0 saturated heterocycles. The number of phenolic OH excluding ortho intramolecular Hbond substituents is 1. The Morgan fingerprint density at radius 2 is 2.25 bits per heavy atom. The van der Waals surface area contributed by atoms with Gasteiger partial charge in [-0.3, -0.25) is 0 Å². The average molecular weight is 167 g/mol. The Kier molecular flexibility index (Phi) is 2.80. The van der Waals surface area contributed by atoms with Crippen LogP contribution in [0.2, 0.25) is 0 Å². The lowest BCUT2D eigenvalue weighted by Crippen LogP contribution is -1.95. The molecule has 3 nitrogen and oxygen atoms in total. The van der Waals surface area contributed by atoms with Crippen LogP contribution in [-0.4, -0.2) is 18.8 Å². The number of nitrogens with one attached hydrogen (secondary N) is 1. The van der Waals surface area contributed by atoms with Crippen LogP contribution < -0.4 is 10.1 Å². The van der Waals surface area contributed by atoms with Crippen molar-refractivity contribution in [2.75, 3.05) is 19.0 Å². The summed E-state index contributed by atoms with van der Waals surface area (Å²) in [6.45, 7) is 2.84. The Morgan fingerprint density at radius 3 is 2.75 bits per heavy atom. The molecule has 1 aromatic carbocycles. The van der Waals surface area contributed by atoms with Crippen LogP contribution in [-0.2, 0) is 0 Å². The molecule has 0 saturated carbocycles. The van der Waals surface area contributed by atoms with Gasteiger partial charge in [-0.25, -0.2) is 0 Å². The lowest BCUT2D eigenvalue weighted by atomic mass is 10.3. The zero-order valence-corrected chi connectivity index (χ0v) is 7.29. The van der Waals surface area contributed by atoms with Gasteiger partial charge in [0.25, 0.3) is 0 Å². The van der Waals surface area contributed by atoms with E-state index in [-0.39, 0.29) is 5.75 Å². The van der Waals surface area contributed by atoms with Crippen molar-refractivity contribution in [3.63, 3.8) is 0 Å². The van der Waals surface area contributed by atoms with Crippen molar-refractivity contribution in [1.29, 1.82) is 0 Å². The molecular weight excluding hydrogens is 154 g/mol. The number of hydrogen-bond donors (Lipinski definition) is 2. The van der Waals surface area contributed by atoms with Crippen LogP contribution >= 0.6 is 0 Å². The predicted octanol–water partition coefficient (Wildman–Crippen LogP) is 1.83. The summed E-state index contributed by atoms with van der Waals surface area (Å²) < 4.78 is 4.90. The Bertz CT molecular complexity index is 261. The number of methoxy groups -OCH3 is 1. The zero-order valence-electron chi connectivity index (χ0n) is 7.29. The Morgan fingerprint density at radius 1 is 1.50 bits per heavy atom. The van der Waals surface area contributed by atoms with Gasteiger partial charge in [0.1, 0.15) is 0 Å². The van der Waals surface area contributed by atoms with Gasteiger partial charge in [0.05, 0.1) is 7.11 Å². The maximum Gasteiger partial charge on any atom is 0.160 e. The van der Waals surface area contributed by atoms with Crippen LogP contribution in [0.25, 0.3) is 0 Å². The molecule has 0 atom stereocenters. The van der Waals surface area contributed by atoms with Crippen LogP contribution in [0.15, 0.2) is 18.2 Å². The number of benzene rings is 1. The fourth-order valence-electron chi connectivity index (χ4n) is 1.00. The highest BCUT2D eigenvalue weighted by atomic mass is 16.5. The first kappa shape index (κ1) is 8.71. The number of ether oxygens (including phenoxy) is 1. The van der Waals surface area contributed by atoms with Gasteiger partial charge in [-0.1, -0.05) is 0 Å². The van der Waals surface area contributed by atoms with Gasteiger partial charge in [0.2, 0.25) is 0 Å². The van der Waals surface area contributed by atoms with Crippen LogP contribution in [0.3, 0.4) is 0 Å². The smallest absolute Gasteiger partial charge is 0.160 e. The van der Waals surface area contributed by atoms with E-state index in [4.69, 9.17) is 4.74 Å². The molecule has 0 bridgehead atoms. The molecule has 0 spiro atoms. The molecule has 0 unspecified atom stereocenters. The normalized spacial score (nSPS) is 9.50. The summed E-state index contributed by atoms with van der Waals surface area (Å²) in [6, 6.07) is 5.23. The lowest BCUT2D eigenvalue weighted by molar-refractivity contribution is 0.373. The molecule has 0 aliphatic rings. The predicted molar refractivity (Wildman–Crippen MR) is 48.8 cm³/mol. The van der Waals surface area contributed by atoms with Gasteiger partial charge in [0, 0.05) is 18.3 Å². The Balaban J connectivity index is 2.86. The second kappa shape index (κ2) is 3.85. The van der Waals surface area contributed by atoms with E-state index in [0.717, 1.165) is 12.2 Å². The largest absolute Gasteiger partial charge is 0.504 e. The minimum atomic E-state index is 0.163. The molecule has 0 fully saturated rings. The highest BCUT2D eigenvalue weighted by Crippen LogP contribution is 2.28. The third-order valence-electron chi connectivity index (χ3n) is 1.56. The topological polar surface area (TPSA) is 41.5 Å². The molecule has 0 radical (unpaired) electrons. The first-order chi connectivity index (χ1) is 5.77. The molecule has 66 valence electrons. The fraction of sp³-hybridized carbons (Fsp3) is 0.333. The number of anilines is 1. The van der Waals surface area contributed by atoms with E-state index in [9.17, 15) is 5.11 Å².